The molecule has 2 aromatic carbocycles. The zero-order chi connectivity index (χ0) is 33.3. The van der Waals surface area contributed by atoms with Crippen LogP contribution in [0.4, 0.5) is 16.2 Å². The number of rotatable bonds is 13. The first-order chi connectivity index (χ1) is 21.1. The van der Waals surface area contributed by atoms with Crippen molar-refractivity contribution in [2.75, 3.05) is 35.7 Å². The molecule has 0 radical (unpaired) electrons. The van der Waals surface area contributed by atoms with Crippen molar-refractivity contribution in [3.05, 3.63) is 58.6 Å². The van der Waals surface area contributed by atoms with Crippen LogP contribution in [-0.4, -0.2) is 82.1 Å². The van der Waals surface area contributed by atoms with Crippen LogP contribution in [0.3, 0.4) is 0 Å². The van der Waals surface area contributed by atoms with Gasteiger partial charge in [-0.3, -0.25) is 14.5 Å². The lowest BCUT2D eigenvalue weighted by molar-refractivity contribution is -0.142. The fraction of sp³-hybridized carbons (Fsp3) is 0.452. The maximum Gasteiger partial charge on any atom is 0.327 e. The second kappa shape index (κ2) is 16.0. The van der Waals surface area contributed by atoms with Gasteiger partial charge in [0.05, 0.1) is 0 Å². The maximum atomic E-state index is 13.4. The molecule has 12 nitrogen and oxygen atoms in total. The molecule has 14 heteroatoms. The van der Waals surface area contributed by atoms with Gasteiger partial charge in [0.2, 0.25) is 11.8 Å². The summed E-state index contributed by atoms with van der Waals surface area (Å²) in [5.41, 5.74) is 2.38. The number of amides is 4. The number of urea groups is 1. The van der Waals surface area contributed by atoms with Gasteiger partial charge in [0, 0.05) is 35.1 Å². The average molecular weight is 662 g/mol. The molecule has 1 aliphatic heterocycles. The van der Waals surface area contributed by atoms with Crippen molar-refractivity contribution in [1.82, 2.24) is 15.5 Å². The summed E-state index contributed by atoms with van der Waals surface area (Å²) in [6, 6.07) is 8.43. The molecule has 0 aliphatic carbocycles. The molecule has 0 aromatic heterocycles. The Balaban J connectivity index is 1.58. The number of hydrogen-bond acceptors (Lipinski definition) is 7. The van der Waals surface area contributed by atoms with E-state index in [4.69, 9.17) is 11.6 Å². The topological polar surface area (TPSA) is 177 Å². The minimum absolute atomic E-state index is 0.0539. The summed E-state index contributed by atoms with van der Waals surface area (Å²) in [7, 11) is 1.78. The van der Waals surface area contributed by atoms with Crippen molar-refractivity contribution in [2.45, 2.75) is 58.2 Å². The van der Waals surface area contributed by atoms with Crippen molar-refractivity contribution >= 4 is 64.5 Å². The number of carbonyl (C=O) groups excluding carboxylic acids is 3. The summed E-state index contributed by atoms with van der Waals surface area (Å²) < 4.78 is 0. The van der Waals surface area contributed by atoms with Gasteiger partial charge in [0.25, 0.3) is 0 Å². The van der Waals surface area contributed by atoms with Gasteiger partial charge in [0.1, 0.15) is 18.1 Å². The molecule has 3 atom stereocenters. The monoisotopic (exact) mass is 661 g/mol. The first-order valence-corrected chi connectivity index (χ1v) is 16.0. The SMILES string of the molecule is CN1CCc2cc(NC(=O)Nc3ccc(Cl)cc3)ccc2C1C(=O)NC(CCSCC(NC(=O)CC(C)(C)C)C(=O)O)C(=O)O. The van der Waals surface area contributed by atoms with E-state index in [1.165, 1.54) is 11.8 Å². The van der Waals surface area contributed by atoms with Crippen LogP contribution < -0.4 is 21.3 Å². The predicted molar refractivity (Wildman–Crippen MR) is 175 cm³/mol. The molecular formula is C31H40ClN5O7S. The first-order valence-electron chi connectivity index (χ1n) is 14.4. The van der Waals surface area contributed by atoms with Gasteiger partial charge in [-0.25, -0.2) is 14.4 Å². The van der Waals surface area contributed by atoms with E-state index in [0.717, 1.165) is 5.56 Å². The summed E-state index contributed by atoms with van der Waals surface area (Å²) in [5, 5.41) is 30.5. The van der Waals surface area contributed by atoms with Crippen LogP contribution in [0.15, 0.2) is 42.5 Å². The number of halogens is 1. The number of carboxylic acid groups (broad SMARTS) is 2. The van der Waals surface area contributed by atoms with E-state index in [9.17, 15) is 34.2 Å². The van der Waals surface area contributed by atoms with Crippen LogP contribution in [0, 0.1) is 5.41 Å². The van der Waals surface area contributed by atoms with Crippen molar-refractivity contribution in [2.24, 2.45) is 5.41 Å². The Morgan fingerprint density at radius 2 is 1.58 bits per heavy atom. The minimum Gasteiger partial charge on any atom is -0.480 e. The molecule has 1 heterocycles. The molecule has 1 aliphatic rings. The summed E-state index contributed by atoms with van der Waals surface area (Å²) in [4.78, 5) is 63.6. The Hall–Kier alpha value is -3.81. The Labute approximate surface area is 271 Å². The number of nitrogens with zero attached hydrogens (tertiary/aromatic N) is 1. The second-order valence-electron chi connectivity index (χ2n) is 12.1. The molecular weight excluding hydrogens is 622 g/mol. The Bertz CT molecular complexity index is 1400. The zero-order valence-corrected chi connectivity index (χ0v) is 27.3. The van der Waals surface area contributed by atoms with E-state index in [-0.39, 0.29) is 35.7 Å². The molecule has 3 rings (SSSR count). The number of likely N-dealkylation sites (N-methyl/N-ethyl adjacent to an activating group) is 1. The van der Waals surface area contributed by atoms with Crippen LogP contribution in [-0.2, 0) is 25.6 Å². The lowest BCUT2D eigenvalue weighted by atomic mass is 9.91. The number of benzene rings is 2. The number of anilines is 2. The van der Waals surface area contributed by atoms with Gasteiger partial charge >= 0.3 is 18.0 Å². The van der Waals surface area contributed by atoms with Crippen molar-refractivity contribution in [3.8, 4) is 0 Å². The van der Waals surface area contributed by atoms with Gasteiger partial charge in [-0.05, 0) is 78.6 Å². The Morgan fingerprint density at radius 3 is 2.20 bits per heavy atom. The number of aliphatic carboxylic acids is 2. The third-order valence-corrected chi connectivity index (χ3v) is 8.34. The molecule has 45 heavy (non-hydrogen) atoms. The maximum absolute atomic E-state index is 13.4. The number of fused-ring (bicyclic) bond motifs is 1. The fourth-order valence-electron chi connectivity index (χ4n) is 4.81. The van der Waals surface area contributed by atoms with E-state index in [1.807, 2.05) is 25.7 Å². The highest BCUT2D eigenvalue weighted by Crippen LogP contribution is 2.31. The van der Waals surface area contributed by atoms with Crippen LogP contribution in [0.2, 0.25) is 5.02 Å². The molecule has 2 aromatic rings. The van der Waals surface area contributed by atoms with Crippen LogP contribution in [0.1, 0.15) is 50.8 Å². The number of carboxylic acids is 2. The van der Waals surface area contributed by atoms with Crippen molar-refractivity contribution in [1.29, 1.82) is 0 Å². The summed E-state index contributed by atoms with van der Waals surface area (Å²) in [5.74, 6) is -2.92. The van der Waals surface area contributed by atoms with E-state index in [0.29, 0.717) is 34.9 Å². The highest BCUT2D eigenvalue weighted by molar-refractivity contribution is 7.99. The normalized spacial score (nSPS) is 16.1. The molecule has 6 N–H and O–H groups in total. The van der Waals surface area contributed by atoms with Crippen molar-refractivity contribution < 1.29 is 34.2 Å². The number of carbonyl (C=O) groups is 5. The molecule has 0 saturated carbocycles. The van der Waals surface area contributed by atoms with Crippen LogP contribution in [0.25, 0.3) is 0 Å². The number of thioether (sulfide) groups is 1. The van der Waals surface area contributed by atoms with Gasteiger partial charge in [-0.2, -0.15) is 11.8 Å². The van der Waals surface area contributed by atoms with Crippen LogP contribution >= 0.6 is 23.4 Å². The van der Waals surface area contributed by atoms with E-state index < -0.39 is 42.0 Å². The molecule has 0 fully saturated rings. The molecule has 244 valence electrons. The smallest absolute Gasteiger partial charge is 0.327 e. The highest BCUT2D eigenvalue weighted by atomic mass is 35.5. The average Bonchev–Trinajstić information content (AvgIpc) is 2.93. The minimum atomic E-state index is -1.21. The van der Waals surface area contributed by atoms with Gasteiger partial charge in [-0.15, -0.1) is 0 Å². The van der Waals surface area contributed by atoms with Crippen LogP contribution in [0.5, 0.6) is 0 Å². The second-order valence-corrected chi connectivity index (χ2v) is 13.7. The summed E-state index contributed by atoms with van der Waals surface area (Å²) >= 11 is 7.08. The zero-order valence-electron chi connectivity index (χ0n) is 25.7. The Kier molecular flexibility index (Phi) is 12.6. The first kappa shape index (κ1) is 35.7. The number of hydrogen-bond donors (Lipinski definition) is 6. The van der Waals surface area contributed by atoms with Gasteiger partial charge in [0.15, 0.2) is 0 Å². The largest absolute Gasteiger partial charge is 0.480 e. The highest BCUT2D eigenvalue weighted by Gasteiger charge is 2.33. The van der Waals surface area contributed by atoms with E-state index >= 15 is 0 Å². The quantitative estimate of drug-likeness (QED) is 0.172. The van der Waals surface area contributed by atoms with E-state index in [1.54, 1.807) is 49.5 Å². The fourth-order valence-corrected chi connectivity index (χ4v) is 5.97. The third kappa shape index (κ3) is 11.2. The van der Waals surface area contributed by atoms with Crippen molar-refractivity contribution in [3.63, 3.8) is 0 Å². The third-order valence-electron chi connectivity index (χ3n) is 6.99. The molecule has 3 unspecified atom stereocenters. The Morgan fingerprint density at radius 1 is 0.956 bits per heavy atom. The molecule has 0 saturated heterocycles. The van der Waals surface area contributed by atoms with Gasteiger partial charge < -0.3 is 31.5 Å². The molecule has 4 amide bonds. The van der Waals surface area contributed by atoms with Gasteiger partial charge in [-0.1, -0.05) is 38.4 Å². The summed E-state index contributed by atoms with van der Waals surface area (Å²) in [6.07, 6.45) is 0.855. The standard InChI is InChI=1S/C31H40ClN5O7S/c1-31(2,3)16-25(38)35-24(29(42)43)17-45-14-12-23(28(40)41)36-27(39)26-22-10-9-21(15-18(22)11-13-37(26)4)34-30(44)33-20-7-5-19(32)6-8-20/h5-10,15,23-24,26H,11-14,16-17H2,1-4H3,(H,35,38)(H,36,39)(H,40,41)(H,42,43)(H2,33,34,44). The molecule has 0 bridgehead atoms. The summed E-state index contributed by atoms with van der Waals surface area (Å²) in [6.45, 7) is 6.17. The predicted octanol–water partition coefficient (Wildman–Crippen LogP) is 4.21. The lowest BCUT2D eigenvalue weighted by Crippen LogP contribution is -2.48. The molecule has 0 spiro atoms. The lowest BCUT2D eigenvalue weighted by Gasteiger charge is -2.34. The number of nitrogens with one attached hydrogen (secondary N) is 4. The van der Waals surface area contributed by atoms with E-state index in [2.05, 4.69) is 21.3 Å².